The van der Waals surface area contributed by atoms with Gasteiger partial charge >= 0.3 is 12.8 Å². The minimum absolute atomic E-state index is 0.0542. The monoisotopic (exact) mass is 461 g/mol. The van der Waals surface area contributed by atoms with E-state index < -0.39 is 30.3 Å². The third kappa shape index (κ3) is 4.33. The SMILES string of the molecule is C[C@@H]1COCCN1c1cc(=O)n2c(n1)N(c1ccc(OC(F)F)nc1)[C@H](C(F)(F)F)CC2. The van der Waals surface area contributed by atoms with Gasteiger partial charge in [-0.3, -0.25) is 14.3 Å². The molecule has 2 atom stereocenters. The summed E-state index contributed by atoms with van der Waals surface area (Å²) in [5, 5.41) is 0. The first-order valence-corrected chi connectivity index (χ1v) is 9.88. The van der Waals surface area contributed by atoms with Gasteiger partial charge in [0.2, 0.25) is 11.8 Å². The van der Waals surface area contributed by atoms with Crippen LogP contribution in [0.25, 0.3) is 0 Å². The van der Waals surface area contributed by atoms with E-state index in [-0.39, 0.29) is 36.5 Å². The summed E-state index contributed by atoms with van der Waals surface area (Å²) < 4.78 is 77.3. The molecule has 0 unspecified atom stereocenters. The lowest BCUT2D eigenvalue weighted by Gasteiger charge is -2.40. The Kier molecular flexibility index (Phi) is 5.93. The number of alkyl halides is 5. The van der Waals surface area contributed by atoms with Crippen molar-refractivity contribution in [1.29, 1.82) is 0 Å². The van der Waals surface area contributed by atoms with E-state index in [0.717, 1.165) is 17.2 Å². The standard InChI is InChI=1S/C19H20F5N5O3/c1-11-10-31-7-6-27(11)14-8-16(30)28-5-4-13(19(22,23)24)29(18(28)26-14)12-2-3-15(25-9-12)32-17(20)21/h2-3,8-9,11,13,17H,4-7,10H2,1H3/t11-,13+/m1/s1. The Bertz CT molecular complexity index is 1010. The van der Waals surface area contributed by atoms with Crippen LogP contribution in [0.4, 0.5) is 39.4 Å². The molecule has 0 amide bonds. The van der Waals surface area contributed by atoms with Crippen LogP contribution in [0.5, 0.6) is 5.88 Å². The maximum absolute atomic E-state index is 13.9. The highest BCUT2D eigenvalue weighted by Crippen LogP contribution is 2.39. The molecule has 0 N–H and O–H groups in total. The average Bonchev–Trinajstić information content (AvgIpc) is 2.73. The number of pyridine rings is 1. The molecule has 2 aromatic heterocycles. The quantitative estimate of drug-likeness (QED) is 0.649. The van der Waals surface area contributed by atoms with Crippen LogP contribution in [0, 0.1) is 0 Å². The molecule has 0 aliphatic carbocycles. The molecule has 2 aliphatic rings. The van der Waals surface area contributed by atoms with E-state index in [9.17, 15) is 26.7 Å². The minimum Gasteiger partial charge on any atom is -0.417 e. The van der Waals surface area contributed by atoms with Gasteiger partial charge in [-0.25, -0.2) is 4.98 Å². The lowest BCUT2D eigenvalue weighted by atomic mass is 10.1. The van der Waals surface area contributed by atoms with Crippen molar-refractivity contribution in [1.82, 2.24) is 14.5 Å². The van der Waals surface area contributed by atoms with Gasteiger partial charge in [-0.1, -0.05) is 0 Å². The lowest BCUT2D eigenvalue weighted by Crippen LogP contribution is -2.51. The number of anilines is 3. The molecular formula is C19H20F5N5O3. The van der Waals surface area contributed by atoms with Gasteiger partial charge in [-0.2, -0.15) is 26.9 Å². The van der Waals surface area contributed by atoms with Crippen LogP contribution in [0.15, 0.2) is 29.2 Å². The molecule has 174 valence electrons. The molecule has 2 aliphatic heterocycles. The maximum Gasteiger partial charge on any atom is 0.409 e. The van der Waals surface area contributed by atoms with Crippen LogP contribution in [0.1, 0.15) is 13.3 Å². The Hall–Kier alpha value is -2.96. The van der Waals surface area contributed by atoms with Crippen LogP contribution >= 0.6 is 0 Å². The topological polar surface area (TPSA) is 72.7 Å². The molecule has 4 heterocycles. The van der Waals surface area contributed by atoms with Gasteiger partial charge in [0.1, 0.15) is 11.9 Å². The van der Waals surface area contributed by atoms with Gasteiger partial charge in [0.25, 0.3) is 5.56 Å². The molecule has 0 aromatic carbocycles. The van der Waals surface area contributed by atoms with Crippen molar-refractivity contribution in [2.75, 3.05) is 29.6 Å². The maximum atomic E-state index is 13.9. The molecule has 8 nitrogen and oxygen atoms in total. The van der Waals surface area contributed by atoms with Crippen molar-refractivity contribution in [3.63, 3.8) is 0 Å². The van der Waals surface area contributed by atoms with Gasteiger partial charge in [-0.15, -0.1) is 0 Å². The van der Waals surface area contributed by atoms with Crippen LogP contribution in [0.2, 0.25) is 0 Å². The molecule has 4 rings (SSSR count). The highest BCUT2D eigenvalue weighted by molar-refractivity contribution is 5.61. The second kappa shape index (κ2) is 8.52. The fourth-order valence-electron chi connectivity index (χ4n) is 3.89. The molecular weight excluding hydrogens is 441 g/mol. The molecule has 0 bridgehead atoms. The first-order chi connectivity index (χ1) is 15.1. The zero-order chi connectivity index (χ0) is 23.0. The van der Waals surface area contributed by atoms with Crippen LogP contribution in [-0.2, 0) is 11.3 Å². The zero-order valence-electron chi connectivity index (χ0n) is 16.9. The van der Waals surface area contributed by atoms with E-state index in [2.05, 4.69) is 14.7 Å². The number of rotatable bonds is 4. The van der Waals surface area contributed by atoms with E-state index in [1.54, 1.807) is 4.90 Å². The van der Waals surface area contributed by atoms with Crippen molar-refractivity contribution < 1.29 is 31.4 Å². The normalized spacial score (nSPS) is 21.6. The van der Waals surface area contributed by atoms with E-state index in [1.165, 1.54) is 16.7 Å². The molecule has 1 fully saturated rings. The molecule has 0 radical (unpaired) electrons. The summed E-state index contributed by atoms with van der Waals surface area (Å²) in [5.74, 6) is -0.384. The Balaban J connectivity index is 1.80. The Morgan fingerprint density at radius 1 is 1.25 bits per heavy atom. The second-order valence-corrected chi connectivity index (χ2v) is 7.47. The zero-order valence-corrected chi connectivity index (χ0v) is 16.9. The molecule has 0 spiro atoms. The van der Waals surface area contributed by atoms with E-state index in [1.807, 2.05) is 6.92 Å². The number of aromatic nitrogens is 3. The summed E-state index contributed by atoms with van der Waals surface area (Å²) in [5.41, 5.74) is -0.540. The third-order valence-electron chi connectivity index (χ3n) is 5.38. The molecule has 32 heavy (non-hydrogen) atoms. The van der Waals surface area contributed by atoms with Crippen molar-refractivity contribution in [2.45, 2.75) is 44.8 Å². The first-order valence-electron chi connectivity index (χ1n) is 9.88. The largest absolute Gasteiger partial charge is 0.417 e. The van der Waals surface area contributed by atoms with E-state index in [4.69, 9.17) is 4.74 Å². The number of morpholine rings is 1. The molecule has 0 saturated carbocycles. The van der Waals surface area contributed by atoms with Gasteiger partial charge in [0.15, 0.2) is 0 Å². The number of hydrogen-bond acceptors (Lipinski definition) is 7. The highest BCUT2D eigenvalue weighted by Gasteiger charge is 2.47. The average molecular weight is 461 g/mol. The first kappa shape index (κ1) is 22.2. The van der Waals surface area contributed by atoms with Crippen molar-refractivity contribution in [3.05, 3.63) is 34.7 Å². The summed E-state index contributed by atoms with van der Waals surface area (Å²) in [6.07, 6.45) is -4.04. The minimum atomic E-state index is -4.64. The second-order valence-electron chi connectivity index (χ2n) is 7.47. The molecule has 13 heteroatoms. The van der Waals surface area contributed by atoms with Crippen LogP contribution in [-0.4, -0.2) is 59.2 Å². The molecule has 1 saturated heterocycles. The summed E-state index contributed by atoms with van der Waals surface area (Å²) in [4.78, 5) is 23.6. The predicted molar refractivity (Wildman–Crippen MR) is 104 cm³/mol. The van der Waals surface area contributed by atoms with E-state index >= 15 is 0 Å². The lowest BCUT2D eigenvalue weighted by molar-refractivity contribution is -0.150. The molecule has 2 aromatic rings. The van der Waals surface area contributed by atoms with Gasteiger partial charge in [0.05, 0.1) is 31.1 Å². The third-order valence-corrected chi connectivity index (χ3v) is 5.38. The highest BCUT2D eigenvalue weighted by atomic mass is 19.4. The number of ether oxygens (including phenoxy) is 2. The van der Waals surface area contributed by atoms with Gasteiger partial charge < -0.3 is 14.4 Å². The van der Waals surface area contributed by atoms with Crippen molar-refractivity contribution in [3.8, 4) is 5.88 Å². The summed E-state index contributed by atoms with van der Waals surface area (Å²) >= 11 is 0. The summed E-state index contributed by atoms with van der Waals surface area (Å²) in [6.45, 7) is -0.202. The summed E-state index contributed by atoms with van der Waals surface area (Å²) in [7, 11) is 0. The Labute approximate surface area is 179 Å². The van der Waals surface area contributed by atoms with Gasteiger partial charge in [0, 0.05) is 25.2 Å². The van der Waals surface area contributed by atoms with Crippen LogP contribution in [0.3, 0.4) is 0 Å². The fraction of sp³-hybridized carbons (Fsp3) is 0.526. The predicted octanol–water partition coefficient (Wildman–Crippen LogP) is 2.94. The van der Waals surface area contributed by atoms with Crippen molar-refractivity contribution >= 4 is 17.5 Å². The summed E-state index contributed by atoms with van der Waals surface area (Å²) in [6, 6.07) is 1.42. The fourth-order valence-corrected chi connectivity index (χ4v) is 3.89. The van der Waals surface area contributed by atoms with E-state index in [0.29, 0.717) is 19.8 Å². The van der Waals surface area contributed by atoms with Crippen molar-refractivity contribution in [2.24, 2.45) is 0 Å². The number of hydrogen-bond donors (Lipinski definition) is 0. The van der Waals surface area contributed by atoms with Gasteiger partial charge in [-0.05, 0) is 19.4 Å². The number of nitrogens with zero attached hydrogens (tertiary/aromatic N) is 5. The smallest absolute Gasteiger partial charge is 0.409 e. The van der Waals surface area contributed by atoms with Crippen LogP contribution < -0.4 is 20.1 Å². The number of halogens is 5. The Morgan fingerprint density at radius 3 is 2.66 bits per heavy atom. The Morgan fingerprint density at radius 2 is 2.03 bits per heavy atom. The number of fused-ring (bicyclic) bond motifs is 1.